The van der Waals surface area contributed by atoms with Crippen LogP contribution in [0.15, 0.2) is 52.2 Å². The van der Waals surface area contributed by atoms with Crippen LogP contribution in [0.2, 0.25) is 0 Å². The summed E-state index contributed by atoms with van der Waals surface area (Å²) >= 11 is 0. The summed E-state index contributed by atoms with van der Waals surface area (Å²) in [4.78, 5) is 37.4. The second kappa shape index (κ2) is 14.5. The van der Waals surface area contributed by atoms with Gasteiger partial charge in [-0.3, -0.25) is 13.9 Å². The molecule has 0 N–H and O–H groups in total. The Bertz CT molecular complexity index is 1870. The molecule has 2 aliphatic rings. The van der Waals surface area contributed by atoms with Crippen LogP contribution < -0.4 is 16.0 Å². The molecule has 4 aromatic rings. The third-order valence-electron chi connectivity index (χ3n) is 8.53. The average Bonchev–Trinajstić information content (AvgIpc) is 3.41. The van der Waals surface area contributed by atoms with E-state index in [0.717, 1.165) is 48.8 Å². The highest BCUT2D eigenvalue weighted by atomic mass is 32.3. The van der Waals surface area contributed by atoms with E-state index in [4.69, 9.17) is 19.2 Å². The molecule has 0 radical (unpaired) electrons. The lowest BCUT2D eigenvalue weighted by atomic mass is 9.96. The van der Waals surface area contributed by atoms with E-state index in [2.05, 4.69) is 34.9 Å². The van der Waals surface area contributed by atoms with E-state index in [9.17, 15) is 9.59 Å². The lowest BCUT2D eigenvalue weighted by Gasteiger charge is -2.25. The van der Waals surface area contributed by atoms with Crippen LogP contribution >= 0.6 is 10.0 Å². The Morgan fingerprint density at radius 2 is 1.79 bits per heavy atom. The molecule has 0 spiro atoms. The Morgan fingerprint density at radius 3 is 2.43 bits per heavy atom. The quantitative estimate of drug-likeness (QED) is 0.158. The Balaban J connectivity index is 1.37. The van der Waals surface area contributed by atoms with Crippen molar-refractivity contribution in [2.75, 3.05) is 32.0 Å². The van der Waals surface area contributed by atoms with Gasteiger partial charge in [0.05, 0.1) is 6.61 Å². The van der Waals surface area contributed by atoms with Crippen LogP contribution in [0.5, 0.6) is 5.88 Å². The SMILES string of the molecule is CCn1c(=O)n(CCCOC2CCCCO2)c(=O)c2c1nc(-c1ccc(OC3CCC3)nc1)n2Cc1ccc(C#CS(C)(C)C)cc1. The van der Waals surface area contributed by atoms with E-state index in [1.54, 1.807) is 10.8 Å². The molecule has 0 amide bonds. The highest BCUT2D eigenvalue weighted by Crippen LogP contribution is 2.32. The number of aromatic nitrogens is 5. The first kappa shape index (κ1) is 33.1. The van der Waals surface area contributed by atoms with E-state index < -0.39 is 10.0 Å². The number of nitrogens with zero attached hydrogens (tertiary/aromatic N) is 5. The molecule has 1 aliphatic heterocycles. The summed E-state index contributed by atoms with van der Waals surface area (Å²) in [7, 11) is -0.943. The van der Waals surface area contributed by atoms with Gasteiger partial charge in [0.15, 0.2) is 17.5 Å². The van der Waals surface area contributed by atoms with Crippen LogP contribution in [0, 0.1) is 11.2 Å². The monoisotopic (exact) mass is 659 g/mol. The Kier molecular flexibility index (Phi) is 10.2. The maximum absolute atomic E-state index is 14.2. The largest absolute Gasteiger partial charge is 0.474 e. The van der Waals surface area contributed by atoms with Gasteiger partial charge in [0.25, 0.3) is 5.56 Å². The van der Waals surface area contributed by atoms with Crippen molar-refractivity contribution < 1.29 is 14.2 Å². The first-order chi connectivity index (χ1) is 22.7. The highest BCUT2D eigenvalue weighted by Gasteiger charge is 2.24. The standard InChI is InChI=1S/C36H45N5O5S/c1-5-39-34-32(35(42)40(36(39)43)20-9-22-45-31-12-6-7-21-44-31)41(25-27-15-13-26(14-16-27)19-23-47(2,3)4)33(38-34)28-17-18-30(37-24-28)46-29-10-8-11-29/h13-18,24,29,31H,5-12,20-22,25H2,1-4H3. The van der Waals surface area contributed by atoms with Crippen molar-refractivity contribution in [1.82, 2.24) is 23.7 Å². The van der Waals surface area contributed by atoms with E-state index in [1.807, 2.05) is 47.9 Å². The molecule has 1 saturated carbocycles. The van der Waals surface area contributed by atoms with Crippen molar-refractivity contribution in [2.24, 2.45) is 0 Å². The Hall–Kier alpha value is -3.85. The minimum atomic E-state index is -0.943. The smallest absolute Gasteiger partial charge is 0.332 e. The molecule has 1 saturated heterocycles. The third-order valence-corrected chi connectivity index (χ3v) is 9.24. The molecule has 0 bridgehead atoms. The topological polar surface area (TPSA) is 102 Å². The molecule has 2 fully saturated rings. The second-order valence-corrected chi connectivity index (χ2v) is 16.9. The fourth-order valence-electron chi connectivity index (χ4n) is 5.76. The van der Waals surface area contributed by atoms with Gasteiger partial charge in [-0.2, -0.15) is 10.0 Å². The number of imidazole rings is 1. The molecule has 3 aromatic heterocycles. The predicted octanol–water partition coefficient (Wildman–Crippen LogP) is 5.36. The number of pyridine rings is 1. The zero-order valence-electron chi connectivity index (χ0n) is 27.9. The normalized spacial score (nSPS) is 17.2. The van der Waals surface area contributed by atoms with Gasteiger partial charge < -0.3 is 18.8 Å². The predicted molar refractivity (Wildman–Crippen MR) is 187 cm³/mol. The van der Waals surface area contributed by atoms with E-state index in [1.165, 1.54) is 11.0 Å². The molecule has 10 nitrogen and oxygen atoms in total. The van der Waals surface area contributed by atoms with Crippen molar-refractivity contribution in [3.8, 4) is 28.4 Å². The summed E-state index contributed by atoms with van der Waals surface area (Å²) in [6.07, 6.45) is 15.0. The average molecular weight is 660 g/mol. The van der Waals surface area contributed by atoms with Crippen LogP contribution in [-0.2, 0) is 29.1 Å². The maximum atomic E-state index is 14.2. The van der Waals surface area contributed by atoms with Crippen molar-refractivity contribution in [3.63, 3.8) is 0 Å². The summed E-state index contributed by atoms with van der Waals surface area (Å²) in [6.45, 7) is 3.98. The van der Waals surface area contributed by atoms with Gasteiger partial charge >= 0.3 is 5.69 Å². The first-order valence-electron chi connectivity index (χ1n) is 16.6. The molecule has 6 rings (SSSR count). The van der Waals surface area contributed by atoms with Crippen LogP contribution in [0.25, 0.3) is 22.6 Å². The number of benzene rings is 1. The number of fused-ring (bicyclic) bond motifs is 1. The van der Waals surface area contributed by atoms with E-state index in [-0.39, 0.29) is 30.2 Å². The summed E-state index contributed by atoms with van der Waals surface area (Å²) in [5.41, 5.74) is 2.68. The van der Waals surface area contributed by atoms with Crippen LogP contribution in [-0.4, -0.2) is 68.0 Å². The molecule has 1 unspecified atom stereocenters. The van der Waals surface area contributed by atoms with Gasteiger partial charge in [0.1, 0.15) is 11.9 Å². The number of hydrogen-bond donors (Lipinski definition) is 0. The zero-order valence-corrected chi connectivity index (χ0v) is 28.7. The van der Waals surface area contributed by atoms with Gasteiger partial charge in [-0.25, -0.2) is 14.8 Å². The molecule has 1 aromatic carbocycles. The molecule has 4 heterocycles. The second-order valence-electron chi connectivity index (χ2n) is 13.0. The number of aryl methyl sites for hydroxylation is 1. The minimum absolute atomic E-state index is 0.216. The van der Waals surface area contributed by atoms with Crippen LogP contribution in [0.4, 0.5) is 0 Å². The molecule has 11 heteroatoms. The van der Waals surface area contributed by atoms with Gasteiger partial charge in [-0.05, 0) is 99.7 Å². The lowest BCUT2D eigenvalue weighted by Crippen LogP contribution is -2.40. The summed E-state index contributed by atoms with van der Waals surface area (Å²) in [6, 6.07) is 11.9. The molecular formula is C36H45N5O5S. The summed E-state index contributed by atoms with van der Waals surface area (Å²) < 4.78 is 22.4. The number of ether oxygens (including phenoxy) is 3. The van der Waals surface area contributed by atoms with Crippen molar-refractivity contribution >= 4 is 21.2 Å². The van der Waals surface area contributed by atoms with Gasteiger partial charge in [-0.15, -0.1) is 0 Å². The third kappa shape index (κ3) is 7.83. The van der Waals surface area contributed by atoms with Gasteiger partial charge in [0.2, 0.25) is 5.88 Å². The first-order valence-corrected chi connectivity index (χ1v) is 19.5. The highest BCUT2D eigenvalue weighted by molar-refractivity contribution is 8.35. The molecule has 47 heavy (non-hydrogen) atoms. The Morgan fingerprint density at radius 1 is 0.979 bits per heavy atom. The molecule has 250 valence electrons. The summed E-state index contributed by atoms with van der Waals surface area (Å²) in [5, 5.41) is 3.36. The van der Waals surface area contributed by atoms with Gasteiger partial charge in [-0.1, -0.05) is 18.1 Å². The van der Waals surface area contributed by atoms with Crippen LogP contribution in [0.1, 0.15) is 63.0 Å². The Labute approximate surface area is 277 Å². The zero-order chi connectivity index (χ0) is 33.0. The fourth-order valence-corrected chi connectivity index (χ4v) is 6.18. The van der Waals surface area contributed by atoms with Crippen molar-refractivity contribution in [3.05, 3.63) is 74.6 Å². The fraction of sp³-hybridized carbons (Fsp3) is 0.500. The molecule has 1 atom stereocenters. The maximum Gasteiger partial charge on any atom is 0.332 e. The van der Waals surface area contributed by atoms with E-state index in [0.29, 0.717) is 55.6 Å². The lowest BCUT2D eigenvalue weighted by molar-refractivity contribution is -0.163. The van der Waals surface area contributed by atoms with Gasteiger partial charge in [0, 0.05) is 49.6 Å². The number of rotatable bonds is 11. The minimum Gasteiger partial charge on any atom is -0.474 e. The van der Waals surface area contributed by atoms with Crippen molar-refractivity contribution in [2.45, 2.75) is 83.9 Å². The van der Waals surface area contributed by atoms with Crippen LogP contribution in [0.3, 0.4) is 0 Å². The van der Waals surface area contributed by atoms with Crippen molar-refractivity contribution in [1.29, 1.82) is 0 Å². The number of hydrogen-bond acceptors (Lipinski definition) is 7. The molecular weight excluding hydrogens is 614 g/mol. The molecule has 1 aliphatic carbocycles. The summed E-state index contributed by atoms with van der Waals surface area (Å²) in [5.74, 6) is 4.43. The van der Waals surface area contributed by atoms with E-state index >= 15 is 0 Å².